The summed E-state index contributed by atoms with van der Waals surface area (Å²) in [4.78, 5) is 19.1. The highest BCUT2D eigenvalue weighted by Gasteiger charge is 2.42. The second kappa shape index (κ2) is 7.68. The molecule has 6 rings (SSSR count). The summed E-state index contributed by atoms with van der Waals surface area (Å²) in [6, 6.07) is 8.79. The topological polar surface area (TPSA) is 89.2 Å². The maximum Gasteiger partial charge on any atom is 0.250 e. The zero-order chi connectivity index (χ0) is 21.7. The van der Waals surface area contributed by atoms with E-state index in [1.807, 2.05) is 0 Å². The lowest BCUT2D eigenvalue weighted by Gasteiger charge is -2.40. The maximum atomic E-state index is 14.6. The van der Waals surface area contributed by atoms with Crippen LogP contribution in [0, 0.1) is 0 Å². The molecule has 32 heavy (non-hydrogen) atoms. The molecule has 164 valence electrons. The minimum atomic E-state index is -0.358. The molecule has 0 bridgehead atoms. The molecule has 4 heterocycles. The first-order valence-electron chi connectivity index (χ1n) is 11.0. The summed E-state index contributed by atoms with van der Waals surface area (Å²) >= 11 is 0. The lowest BCUT2D eigenvalue weighted by molar-refractivity contribution is -0.115. The van der Waals surface area contributed by atoms with E-state index in [2.05, 4.69) is 55.1 Å². The van der Waals surface area contributed by atoms with Gasteiger partial charge in [0.25, 0.3) is 0 Å². The molecule has 3 aliphatic heterocycles. The van der Waals surface area contributed by atoms with Crippen LogP contribution in [-0.2, 0) is 11.3 Å². The van der Waals surface area contributed by atoms with Crippen LogP contribution < -0.4 is 10.7 Å². The normalized spacial score (nSPS) is 25.4. The Morgan fingerprint density at radius 1 is 1.19 bits per heavy atom. The van der Waals surface area contributed by atoms with Crippen LogP contribution in [0.25, 0.3) is 0 Å². The number of rotatable bonds is 4. The third-order valence-corrected chi connectivity index (χ3v) is 6.87. The molecule has 1 amide bonds. The molecular formula is C23H24FN7O. The summed E-state index contributed by atoms with van der Waals surface area (Å²) in [5, 5.41) is 10.3. The third kappa shape index (κ3) is 3.25. The second-order valence-corrected chi connectivity index (χ2v) is 8.76. The number of aromatic amines is 1. The van der Waals surface area contributed by atoms with Crippen LogP contribution in [0.3, 0.4) is 0 Å². The number of halogens is 1. The van der Waals surface area contributed by atoms with E-state index in [0.29, 0.717) is 17.6 Å². The third-order valence-electron chi connectivity index (χ3n) is 6.87. The average Bonchev–Trinajstić information content (AvgIpc) is 3.24. The highest BCUT2D eigenvalue weighted by atomic mass is 19.2. The predicted octanol–water partition coefficient (Wildman–Crippen LogP) is 2.18. The maximum absolute atomic E-state index is 14.6. The van der Waals surface area contributed by atoms with Gasteiger partial charge in [0.2, 0.25) is 5.91 Å². The van der Waals surface area contributed by atoms with Gasteiger partial charge in [0.1, 0.15) is 17.8 Å². The number of amides is 1. The number of allylic oxidation sites excluding steroid dienone is 1. The molecule has 1 aliphatic carbocycles. The van der Waals surface area contributed by atoms with Gasteiger partial charge < -0.3 is 5.32 Å². The number of aromatic nitrogens is 3. The molecule has 1 fully saturated rings. The number of hydrogen-bond acceptors (Lipinski definition) is 6. The van der Waals surface area contributed by atoms with Crippen LogP contribution in [0.5, 0.6) is 0 Å². The van der Waals surface area contributed by atoms with Crippen LogP contribution in [0.4, 0.5) is 4.48 Å². The molecule has 0 spiro atoms. The monoisotopic (exact) mass is 433 g/mol. The molecule has 4 aliphatic rings. The number of carbonyl (C=O) groups excluding carboxylic acids is 1. The number of nitrogens with one attached hydrogen (secondary N) is 3. The first-order chi connectivity index (χ1) is 15.7. The van der Waals surface area contributed by atoms with Gasteiger partial charge in [-0.05, 0) is 48.2 Å². The van der Waals surface area contributed by atoms with Gasteiger partial charge in [-0.3, -0.25) is 14.8 Å². The van der Waals surface area contributed by atoms with Crippen molar-refractivity contribution in [1.29, 1.82) is 0 Å². The van der Waals surface area contributed by atoms with E-state index in [-0.39, 0.29) is 23.4 Å². The van der Waals surface area contributed by atoms with Crippen LogP contribution in [-0.4, -0.2) is 50.9 Å². The highest BCUT2D eigenvalue weighted by molar-refractivity contribution is 5.91. The Bertz CT molecular complexity index is 1130. The minimum absolute atomic E-state index is 0.0789. The molecule has 3 N–H and O–H groups in total. The number of likely N-dealkylation sites (tertiary alicyclic amines) is 1. The van der Waals surface area contributed by atoms with E-state index in [1.54, 1.807) is 6.20 Å². The number of hydrazine groups is 1. The number of nitrogens with zero attached hydrogens (tertiary/aromatic N) is 4. The summed E-state index contributed by atoms with van der Waals surface area (Å²) < 4.78 is 14.6. The van der Waals surface area contributed by atoms with Gasteiger partial charge in [0.15, 0.2) is 0 Å². The Hall–Kier alpha value is -3.30. The molecule has 0 radical (unpaired) electrons. The van der Waals surface area contributed by atoms with Crippen LogP contribution in [0.1, 0.15) is 41.6 Å². The fourth-order valence-corrected chi connectivity index (χ4v) is 5.19. The molecule has 2 unspecified atom stereocenters. The fourth-order valence-electron chi connectivity index (χ4n) is 5.19. The number of benzene rings is 1. The average molecular weight is 433 g/mol. The van der Waals surface area contributed by atoms with Crippen molar-refractivity contribution in [3.05, 3.63) is 82.2 Å². The molecule has 0 saturated carbocycles. The van der Waals surface area contributed by atoms with Crippen molar-refractivity contribution in [3.8, 4) is 0 Å². The summed E-state index contributed by atoms with van der Waals surface area (Å²) in [7, 11) is 0. The van der Waals surface area contributed by atoms with E-state index in [4.69, 9.17) is 0 Å². The molecule has 1 aromatic carbocycles. The van der Waals surface area contributed by atoms with Crippen molar-refractivity contribution < 1.29 is 9.28 Å². The highest BCUT2D eigenvalue weighted by Crippen LogP contribution is 2.51. The lowest BCUT2D eigenvalue weighted by Crippen LogP contribution is -2.41. The van der Waals surface area contributed by atoms with Crippen molar-refractivity contribution in [2.45, 2.75) is 31.2 Å². The quantitative estimate of drug-likeness (QED) is 0.641. The van der Waals surface area contributed by atoms with Gasteiger partial charge in [0.05, 0.1) is 5.92 Å². The first-order valence-corrected chi connectivity index (χ1v) is 11.0. The van der Waals surface area contributed by atoms with Gasteiger partial charge in [0, 0.05) is 36.9 Å². The Labute approximate surface area is 184 Å². The largest absolute Gasteiger partial charge is 0.329 e. The second-order valence-electron chi connectivity index (χ2n) is 8.76. The van der Waals surface area contributed by atoms with Crippen LogP contribution in [0.15, 0.2) is 65.3 Å². The zero-order valence-electron chi connectivity index (χ0n) is 17.5. The van der Waals surface area contributed by atoms with Gasteiger partial charge in [-0.15, -0.1) is 5.23 Å². The lowest BCUT2D eigenvalue weighted by atomic mass is 9.68. The fraction of sp³-hybridized carbons (Fsp3) is 0.348. The van der Waals surface area contributed by atoms with Gasteiger partial charge in [-0.25, -0.2) is 10.4 Å². The Balaban J connectivity index is 1.42. The molecule has 8 nitrogen and oxygen atoms in total. The smallest absolute Gasteiger partial charge is 0.250 e. The van der Waals surface area contributed by atoms with E-state index in [9.17, 15) is 9.28 Å². The summed E-state index contributed by atoms with van der Waals surface area (Å²) in [6.45, 7) is 3.71. The van der Waals surface area contributed by atoms with E-state index in [0.717, 1.165) is 29.7 Å². The summed E-state index contributed by atoms with van der Waals surface area (Å²) in [5.74, 6) is 0.237. The minimum Gasteiger partial charge on any atom is -0.329 e. The van der Waals surface area contributed by atoms with Crippen LogP contribution >= 0.6 is 0 Å². The predicted molar refractivity (Wildman–Crippen MR) is 115 cm³/mol. The Kier molecular flexibility index (Phi) is 4.65. The Morgan fingerprint density at radius 2 is 2.03 bits per heavy atom. The first kappa shape index (κ1) is 19.4. The zero-order valence-corrected chi connectivity index (χ0v) is 17.5. The Morgan fingerprint density at radius 3 is 2.75 bits per heavy atom. The van der Waals surface area contributed by atoms with E-state index in [1.165, 1.54) is 43.0 Å². The van der Waals surface area contributed by atoms with Crippen molar-refractivity contribution in [1.82, 2.24) is 36.1 Å². The van der Waals surface area contributed by atoms with Gasteiger partial charge in [-0.2, -0.15) is 5.10 Å². The molecular weight excluding hydrogens is 409 g/mol. The summed E-state index contributed by atoms with van der Waals surface area (Å²) in [6.07, 6.45) is 6.51. The molecule has 1 aromatic heterocycles. The van der Waals surface area contributed by atoms with Crippen LogP contribution in [0.2, 0.25) is 0 Å². The number of H-pyrrole nitrogens is 1. The molecule has 2 atom stereocenters. The molecule has 1 saturated heterocycles. The SMILES string of the molecule is O=C1C=C2C3=C(CNN2F)CC(c2ccc(CN4CCC4)cc2)C(c2ncn[nH]2)C3=CN1. The van der Waals surface area contributed by atoms with Crippen molar-refractivity contribution in [2.24, 2.45) is 0 Å². The van der Waals surface area contributed by atoms with E-state index >= 15 is 0 Å². The molecule has 9 heteroatoms. The van der Waals surface area contributed by atoms with Crippen molar-refractivity contribution in [2.75, 3.05) is 19.6 Å². The summed E-state index contributed by atoms with van der Waals surface area (Å²) in [5.41, 5.74) is 8.18. The number of carbonyl (C=O) groups is 1. The molecule has 2 aromatic rings. The standard InChI is InChI=1S/C23H24FN7O/c24-31-19-9-20(32)25-11-18-21(19)16(10-28-31)8-17(22(18)23-26-13-27-29-23)15-4-2-14(3-5-15)12-30-6-1-7-30/h2-5,9,11,13,17,22,28H,1,6-8,10,12H2,(H,25,32)(H,26,27,29). The number of hydrogen-bond donors (Lipinski definition) is 3. The van der Waals surface area contributed by atoms with E-state index < -0.39 is 0 Å². The van der Waals surface area contributed by atoms with Crippen molar-refractivity contribution in [3.63, 3.8) is 0 Å². The van der Waals surface area contributed by atoms with Gasteiger partial charge >= 0.3 is 0 Å². The van der Waals surface area contributed by atoms with Crippen molar-refractivity contribution >= 4 is 5.91 Å². The van der Waals surface area contributed by atoms with Gasteiger partial charge in [-0.1, -0.05) is 28.7 Å².